The summed E-state index contributed by atoms with van der Waals surface area (Å²) in [7, 11) is 0. The molecule has 0 spiro atoms. The number of rotatable bonds is 5. The van der Waals surface area contributed by atoms with Gasteiger partial charge in [0.2, 0.25) is 0 Å². The number of ether oxygens (including phenoxy) is 1. The standard InChI is InChI=1S/C15H16FNOS/c1-11-3-2-4-12(9-11)18-7-8-19-13-5-6-15(17)14(16)10-13/h2-6,9-10H,7-8,17H2,1H3. The average molecular weight is 277 g/mol. The Hall–Kier alpha value is -1.68. The second-order valence-corrected chi connectivity index (χ2v) is 5.37. The van der Waals surface area contributed by atoms with Gasteiger partial charge < -0.3 is 10.5 Å². The maximum atomic E-state index is 13.2. The fourth-order valence-corrected chi connectivity index (χ4v) is 2.38. The summed E-state index contributed by atoms with van der Waals surface area (Å²) in [5.74, 6) is 1.26. The second-order valence-electron chi connectivity index (χ2n) is 4.20. The van der Waals surface area contributed by atoms with Gasteiger partial charge in [0, 0.05) is 10.6 Å². The Morgan fingerprint density at radius 3 is 2.79 bits per heavy atom. The summed E-state index contributed by atoms with van der Waals surface area (Å²) in [6.07, 6.45) is 0. The number of thioether (sulfide) groups is 1. The number of nitrogen functional groups attached to an aromatic ring is 1. The molecule has 0 fully saturated rings. The fourth-order valence-electron chi connectivity index (χ4n) is 1.62. The third-order valence-corrected chi connectivity index (χ3v) is 3.54. The van der Waals surface area contributed by atoms with Crippen LogP contribution >= 0.6 is 11.8 Å². The molecule has 0 saturated heterocycles. The van der Waals surface area contributed by atoms with E-state index in [9.17, 15) is 4.39 Å². The highest BCUT2D eigenvalue weighted by Crippen LogP contribution is 2.22. The third kappa shape index (κ3) is 4.17. The van der Waals surface area contributed by atoms with Crippen LogP contribution in [-0.2, 0) is 0 Å². The van der Waals surface area contributed by atoms with Crippen LogP contribution in [0.15, 0.2) is 47.4 Å². The van der Waals surface area contributed by atoms with Crippen LogP contribution in [0.3, 0.4) is 0 Å². The molecule has 0 atom stereocenters. The maximum Gasteiger partial charge on any atom is 0.147 e. The zero-order valence-corrected chi connectivity index (χ0v) is 11.5. The molecule has 2 aromatic rings. The summed E-state index contributed by atoms with van der Waals surface area (Å²) in [5, 5.41) is 0. The van der Waals surface area contributed by atoms with E-state index in [0.717, 1.165) is 16.4 Å². The molecule has 2 aromatic carbocycles. The number of anilines is 1. The minimum atomic E-state index is -0.371. The molecular formula is C15H16FNOS. The minimum absolute atomic E-state index is 0.181. The summed E-state index contributed by atoms with van der Waals surface area (Å²) in [6, 6.07) is 12.8. The van der Waals surface area contributed by atoms with Crippen LogP contribution in [0.25, 0.3) is 0 Å². The Morgan fingerprint density at radius 2 is 2.05 bits per heavy atom. The summed E-state index contributed by atoms with van der Waals surface area (Å²) in [5.41, 5.74) is 6.78. The van der Waals surface area contributed by atoms with Gasteiger partial charge in [-0.05, 0) is 42.8 Å². The summed E-state index contributed by atoms with van der Waals surface area (Å²) >= 11 is 1.55. The lowest BCUT2D eigenvalue weighted by atomic mass is 10.2. The van der Waals surface area contributed by atoms with Crippen LogP contribution in [0, 0.1) is 12.7 Å². The molecule has 0 heterocycles. The van der Waals surface area contributed by atoms with Crippen LogP contribution in [0.4, 0.5) is 10.1 Å². The topological polar surface area (TPSA) is 35.2 Å². The predicted molar refractivity (Wildman–Crippen MR) is 78.2 cm³/mol. The quantitative estimate of drug-likeness (QED) is 0.511. The van der Waals surface area contributed by atoms with Crippen molar-refractivity contribution in [2.24, 2.45) is 0 Å². The molecule has 0 unspecified atom stereocenters. The number of aryl methyl sites for hydroxylation is 1. The second kappa shape index (κ2) is 6.48. The van der Waals surface area contributed by atoms with Crippen molar-refractivity contribution >= 4 is 17.4 Å². The van der Waals surface area contributed by atoms with Gasteiger partial charge in [-0.3, -0.25) is 0 Å². The molecule has 2 rings (SSSR count). The molecule has 2 nitrogen and oxygen atoms in total. The van der Waals surface area contributed by atoms with Crippen LogP contribution in [0.5, 0.6) is 5.75 Å². The first-order valence-corrected chi connectivity index (χ1v) is 7.01. The molecule has 2 N–H and O–H groups in total. The molecule has 0 amide bonds. The van der Waals surface area contributed by atoms with Crippen molar-refractivity contribution in [3.8, 4) is 5.75 Å². The maximum absolute atomic E-state index is 13.2. The van der Waals surface area contributed by atoms with E-state index < -0.39 is 0 Å². The van der Waals surface area contributed by atoms with Crippen LogP contribution in [0.2, 0.25) is 0 Å². The van der Waals surface area contributed by atoms with Crippen molar-refractivity contribution in [1.29, 1.82) is 0 Å². The Morgan fingerprint density at radius 1 is 1.21 bits per heavy atom. The van der Waals surface area contributed by atoms with Crippen molar-refractivity contribution in [1.82, 2.24) is 0 Å². The zero-order chi connectivity index (χ0) is 13.7. The third-order valence-electron chi connectivity index (χ3n) is 2.58. The molecule has 0 radical (unpaired) electrons. The van der Waals surface area contributed by atoms with Gasteiger partial charge in [-0.25, -0.2) is 4.39 Å². The van der Waals surface area contributed by atoms with Gasteiger partial charge in [0.15, 0.2) is 0 Å². The smallest absolute Gasteiger partial charge is 0.147 e. The number of benzene rings is 2. The van der Waals surface area contributed by atoms with Gasteiger partial charge in [0.1, 0.15) is 11.6 Å². The molecule has 0 aliphatic rings. The summed E-state index contributed by atoms with van der Waals surface area (Å²) in [6.45, 7) is 2.61. The fraction of sp³-hybridized carbons (Fsp3) is 0.200. The van der Waals surface area contributed by atoms with Gasteiger partial charge in [0.25, 0.3) is 0 Å². The number of halogens is 1. The lowest BCUT2D eigenvalue weighted by Crippen LogP contribution is -2.00. The van der Waals surface area contributed by atoms with Gasteiger partial charge in [0.05, 0.1) is 12.3 Å². The van der Waals surface area contributed by atoms with Crippen molar-refractivity contribution in [2.75, 3.05) is 18.1 Å². The van der Waals surface area contributed by atoms with Gasteiger partial charge >= 0.3 is 0 Å². The molecule has 0 aromatic heterocycles. The summed E-state index contributed by atoms with van der Waals surface area (Å²) in [4.78, 5) is 0.861. The first-order valence-electron chi connectivity index (χ1n) is 6.02. The number of nitrogens with two attached hydrogens (primary N) is 1. The van der Waals surface area contributed by atoms with Crippen LogP contribution in [0.1, 0.15) is 5.56 Å². The molecule has 4 heteroatoms. The largest absolute Gasteiger partial charge is 0.493 e. The molecule has 100 valence electrons. The van der Waals surface area contributed by atoms with Gasteiger partial charge in [-0.1, -0.05) is 12.1 Å². The van der Waals surface area contributed by atoms with Crippen molar-refractivity contribution < 1.29 is 9.13 Å². The lowest BCUT2D eigenvalue weighted by Gasteiger charge is -2.07. The molecule has 0 bridgehead atoms. The Balaban J connectivity index is 1.79. The first-order chi connectivity index (χ1) is 9.15. The van der Waals surface area contributed by atoms with E-state index >= 15 is 0 Å². The van der Waals surface area contributed by atoms with E-state index in [1.54, 1.807) is 17.8 Å². The van der Waals surface area contributed by atoms with Crippen molar-refractivity contribution in [3.05, 3.63) is 53.8 Å². The highest BCUT2D eigenvalue weighted by molar-refractivity contribution is 7.99. The van der Waals surface area contributed by atoms with E-state index in [1.807, 2.05) is 37.3 Å². The SMILES string of the molecule is Cc1cccc(OCCSc2ccc(N)c(F)c2)c1. The number of hydrogen-bond donors (Lipinski definition) is 1. The minimum Gasteiger partial charge on any atom is -0.493 e. The zero-order valence-electron chi connectivity index (χ0n) is 10.7. The molecule has 0 aliphatic heterocycles. The predicted octanol–water partition coefficient (Wildman–Crippen LogP) is 3.89. The Kier molecular flexibility index (Phi) is 4.68. The average Bonchev–Trinajstić information content (AvgIpc) is 2.39. The van der Waals surface area contributed by atoms with E-state index in [0.29, 0.717) is 6.61 Å². The van der Waals surface area contributed by atoms with Gasteiger partial charge in [-0.2, -0.15) is 0 Å². The van der Waals surface area contributed by atoms with Crippen molar-refractivity contribution in [2.45, 2.75) is 11.8 Å². The Bertz CT molecular complexity index is 560. The monoisotopic (exact) mass is 277 g/mol. The highest BCUT2D eigenvalue weighted by Gasteiger charge is 2.01. The van der Waals surface area contributed by atoms with Crippen molar-refractivity contribution in [3.63, 3.8) is 0 Å². The van der Waals surface area contributed by atoms with Gasteiger partial charge in [-0.15, -0.1) is 11.8 Å². The molecular weight excluding hydrogens is 261 g/mol. The molecule has 0 aliphatic carbocycles. The van der Waals surface area contributed by atoms with E-state index in [-0.39, 0.29) is 11.5 Å². The van der Waals surface area contributed by atoms with E-state index in [1.165, 1.54) is 11.6 Å². The van der Waals surface area contributed by atoms with E-state index in [4.69, 9.17) is 10.5 Å². The number of hydrogen-bond acceptors (Lipinski definition) is 3. The Labute approximate surface area is 116 Å². The first kappa shape index (κ1) is 13.7. The summed E-state index contributed by atoms with van der Waals surface area (Å²) < 4.78 is 18.9. The highest BCUT2D eigenvalue weighted by atomic mass is 32.2. The molecule has 0 saturated carbocycles. The molecule has 19 heavy (non-hydrogen) atoms. The normalized spacial score (nSPS) is 10.4. The van der Waals surface area contributed by atoms with Crippen LogP contribution < -0.4 is 10.5 Å². The lowest BCUT2D eigenvalue weighted by molar-refractivity contribution is 0.343. The van der Waals surface area contributed by atoms with E-state index in [2.05, 4.69) is 0 Å². The van der Waals surface area contributed by atoms with Crippen LogP contribution in [-0.4, -0.2) is 12.4 Å².